The summed E-state index contributed by atoms with van der Waals surface area (Å²) in [7, 11) is 0. The highest BCUT2D eigenvalue weighted by molar-refractivity contribution is 9.10. The Balaban J connectivity index is 1.56. The Morgan fingerprint density at radius 3 is 2.57 bits per heavy atom. The van der Waals surface area contributed by atoms with Crippen LogP contribution in [-0.4, -0.2) is 23.7 Å². The van der Waals surface area contributed by atoms with Gasteiger partial charge < -0.3 is 15.7 Å². The second kappa shape index (κ2) is 5.33. The van der Waals surface area contributed by atoms with Crippen LogP contribution >= 0.6 is 15.9 Å². The zero-order valence-electron chi connectivity index (χ0n) is 11.5. The molecule has 2 fully saturated rings. The van der Waals surface area contributed by atoms with Crippen LogP contribution in [-0.2, 0) is 0 Å². The van der Waals surface area contributed by atoms with Crippen molar-refractivity contribution in [1.29, 1.82) is 0 Å². The number of benzene rings is 1. The molecule has 3 rings (SSSR count). The van der Waals surface area contributed by atoms with Crippen LogP contribution in [0.25, 0.3) is 0 Å². The van der Waals surface area contributed by atoms with Crippen molar-refractivity contribution in [3.8, 4) is 0 Å². The Hall–Kier alpha value is -1.56. The molecule has 0 radical (unpaired) electrons. The number of rotatable bonds is 5. The zero-order valence-corrected chi connectivity index (χ0v) is 13.1. The molecule has 3 N–H and O–H groups in total. The number of urea groups is 1. The molecule has 0 aliphatic heterocycles. The molecule has 2 saturated carbocycles. The van der Waals surface area contributed by atoms with Gasteiger partial charge in [0.1, 0.15) is 0 Å². The Morgan fingerprint density at radius 1 is 1.33 bits per heavy atom. The third-order valence-electron chi connectivity index (χ3n) is 4.40. The lowest BCUT2D eigenvalue weighted by Crippen LogP contribution is -2.34. The number of anilines is 1. The first-order chi connectivity index (χ1) is 10.00. The molecular formula is C15H17BrN2O3. The van der Waals surface area contributed by atoms with E-state index in [1.807, 2.05) is 0 Å². The normalized spacial score (nSPS) is 18.9. The number of nitrogens with one attached hydrogen (secondary N) is 2. The van der Waals surface area contributed by atoms with Gasteiger partial charge in [-0.25, -0.2) is 9.59 Å². The van der Waals surface area contributed by atoms with Gasteiger partial charge in [-0.15, -0.1) is 0 Å². The van der Waals surface area contributed by atoms with Gasteiger partial charge in [0.05, 0.1) is 11.3 Å². The maximum absolute atomic E-state index is 11.9. The molecule has 0 unspecified atom stereocenters. The van der Waals surface area contributed by atoms with Gasteiger partial charge in [-0.2, -0.15) is 0 Å². The zero-order chi connectivity index (χ0) is 15.0. The molecule has 1 aromatic carbocycles. The lowest BCUT2D eigenvalue weighted by Gasteiger charge is -2.16. The Labute approximate surface area is 131 Å². The number of carboxylic acid groups (broad SMARTS) is 1. The Kier molecular flexibility index (Phi) is 3.65. The summed E-state index contributed by atoms with van der Waals surface area (Å²) in [6, 6.07) is 4.28. The number of aromatic carboxylic acids is 1. The summed E-state index contributed by atoms with van der Waals surface area (Å²) in [5.74, 6) is -0.189. The van der Waals surface area contributed by atoms with Crippen molar-refractivity contribution in [2.24, 2.45) is 11.3 Å². The number of hydrogen-bond acceptors (Lipinski definition) is 2. The van der Waals surface area contributed by atoms with Gasteiger partial charge in [0.15, 0.2) is 0 Å². The molecule has 2 aliphatic rings. The van der Waals surface area contributed by atoms with Gasteiger partial charge in [0, 0.05) is 11.0 Å². The molecule has 2 aliphatic carbocycles. The molecule has 0 heterocycles. The fourth-order valence-corrected chi connectivity index (χ4v) is 3.24. The lowest BCUT2D eigenvalue weighted by atomic mass is 10.0. The maximum atomic E-state index is 11.9. The minimum absolute atomic E-state index is 0.179. The van der Waals surface area contributed by atoms with Crippen molar-refractivity contribution in [2.45, 2.75) is 25.7 Å². The van der Waals surface area contributed by atoms with Crippen LogP contribution in [0.5, 0.6) is 0 Å². The van der Waals surface area contributed by atoms with E-state index in [-0.39, 0.29) is 11.6 Å². The van der Waals surface area contributed by atoms with E-state index in [1.54, 1.807) is 6.07 Å². The molecule has 1 aromatic rings. The van der Waals surface area contributed by atoms with Crippen molar-refractivity contribution >= 4 is 33.6 Å². The molecule has 6 heteroatoms. The van der Waals surface area contributed by atoms with E-state index in [2.05, 4.69) is 26.6 Å². The minimum Gasteiger partial charge on any atom is -0.478 e. The second-order valence-corrected chi connectivity index (χ2v) is 6.80. The molecule has 21 heavy (non-hydrogen) atoms. The van der Waals surface area contributed by atoms with E-state index < -0.39 is 5.97 Å². The van der Waals surface area contributed by atoms with Crippen molar-refractivity contribution in [3.63, 3.8) is 0 Å². The molecule has 0 bridgehead atoms. The van der Waals surface area contributed by atoms with Gasteiger partial charge in [0.25, 0.3) is 0 Å². The highest BCUT2D eigenvalue weighted by Crippen LogP contribution is 2.60. The average molecular weight is 353 g/mol. The summed E-state index contributed by atoms with van der Waals surface area (Å²) in [6.45, 7) is 0.730. The fraction of sp³-hybridized carbons (Fsp3) is 0.467. The first-order valence-corrected chi connectivity index (χ1v) is 7.87. The van der Waals surface area contributed by atoms with Crippen molar-refractivity contribution in [2.75, 3.05) is 11.9 Å². The van der Waals surface area contributed by atoms with Gasteiger partial charge in [0.2, 0.25) is 0 Å². The molecule has 112 valence electrons. The van der Waals surface area contributed by atoms with E-state index in [0.29, 0.717) is 15.6 Å². The highest BCUT2D eigenvalue weighted by atomic mass is 79.9. The number of halogens is 1. The molecule has 0 saturated heterocycles. The van der Waals surface area contributed by atoms with Crippen molar-refractivity contribution < 1.29 is 14.7 Å². The van der Waals surface area contributed by atoms with Gasteiger partial charge in [-0.05, 0) is 71.1 Å². The fourth-order valence-electron chi connectivity index (χ4n) is 2.76. The van der Waals surface area contributed by atoms with E-state index in [4.69, 9.17) is 5.11 Å². The third kappa shape index (κ3) is 3.20. The van der Waals surface area contributed by atoms with Crippen LogP contribution in [0.15, 0.2) is 22.7 Å². The lowest BCUT2D eigenvalue weighted by molar-refractivity contribution is 0.0697. The smallest absolute Gasteiger partial charge is 0.335 e. The largest absolute Gasteiger partial charge is 0.478 e. The summed E-state index contributed by atoms with van der Waals surface area (Å²) in [4.78, 5) is 22.8. The van der Waals surface area contributed by atoms with Crippen LogP contribution < -0.4 is 10.6 Å². The standard InChI is InChI=1S/C15H17BrN2O3/c16-11-7-9(13(19)20)1-4-12(11)18-14(21)17-8-15(5-6-15)10-2-3-10/h1,4,7,10H,2-3,5-6,8H2,(H,19,20)(H2,17,18,21). The number of hydrogen-bond donors (Lipinski definition) is 3. The van der Waals surface area contributed by atoms with Crippen molar-refractivity contribution in [3.05, 3.63) is 28.2 Å². The van der Waals surface area contributed by atoms with Crippen LogP contribution in [0.2, 0.25) is 0 Å². The third-order valence-corrected chi connectivity index (χ3v) is 5.06. The van der Waals surface area contributed by atoms with Gasteiger partial charge in [-0.1, -0.05) is 0 Å². The monoisotopic (exact) mass is 352 g/mol. The van der Waals surface area contributed by atoms with E-state index >= 15 is 0 Å². The predicted molar refractivity (Wildman–Crippen MR) is 82.5 cm³/mol. The maximum Gasteiger partial charge on any atom is 0.335 e. The average Bonchev–Trinajstić information content (AvgIpc) is 3.31. The molecule has 0 spiro atoms. The first-order valence-electron chi connectivity index (χ1n) is 7.08. The quantitative estimate of drug-likeness (QED) is 0.759. The molecule has 0 aromatic heterocycles. The molecule has 2 amide bonds. The summed E-state index contributed by atoms with van der Waals surface area (Å²) in [6.07, 6.45) is 5.03. The first kappa shape index (κ1) is 14.4. The number of carbonyl (C=O) groups excluding carboxylic acids is 1. The molecule has 5 nitrogen and oxygen atoms in total. The van der Waals surface area contributed by atoms with Crippen LogP contribution in [0.3, 0.4) is 0 Å². The van der Waals surface area contributed by atoms with Gasteiger partial charge >= 0.3 is 12.0 Å². The van der Waals surface area contributed by atoms with E-state index in [0.717, 1.165) is 12.5 Å². The topological polar surface area (TPSA) is 78.4 Å². The summed E-state index contributed by atoms with van der Waals surface area (Å²) in [5, 5.41) is 14.6. The summed E-state index contributed by atoms with van der Waals surface area (Å²) in [5.41, 5.74) is 1.11. The SMILES string of the molecule is O=C(NCC1(C2CC2)CC1)Nc1ccc(C(=O)O)cc1Br. The number of carboxylic acids is 1. The number of carbonyl (C=O) groups is 2. The van der Waals surface area contributed by atoms with E-state index in [1.165, 1.54) is 37.8 Å². The molecular weight excluding hydrogens is 336 g/mol. The predicted octanol–water partition coefficient (Wildman–Crippen LogP) is 3.46. The van der Waals surface area contributed by atoms with Crippen LogP contribution in [0.4, 0.5) is 10.5 Å². The van der Waals surface area contributed by atoms with Crippen LogP contribution in [0.1, 0.15) is 36.0 Å². The van der Waals surface area contributed by atoms with Crippen LogP contribution in [0, 0.1) is 11.3 Å². The molecule has 0 atom stereocenters. The summed E-state index contributed by atoms with van der Waals surface area (Å²) < 4.78 is 0.556. The number of amides is 2. The second-order valence-electron chi connectivity index (χ2n) is 5.94. The van der Waals surface area contributed by atoms with Crippen molar-refractivity contribution in [1.82, 2.24) is 5.32 Å². The highest BCUT2D eigenvalue weighted by Gasteiger charge is 2.53. The Morgan fingerprint density at radius 2 is 2.05 bits per heavy atom. The minimum atomic E-state index is -0.994. The Bertz CT molecular complexity index is 595. The summed E-state index contributed by atoms with van der Waals surface area (Å²) >= 11 is 3.27. The van der Waals surface area contributed by atoms with E-state index in [9.17, 15) is 9.59 Å². The van der Waals surface area contributed by atoms with Gasteiger partial charge in [-0.3, -0.25) is 0 Å².